The molecular formula is C12H15BrFNO. The summed E-state index contributed by atoms with van der Waals surface area (Å²) in [5.41, 5.74) is 6.99. The average molecular weight is 288 g/mol. The molecule has 1 aliphatic rings. The van der Waals surface area contributed by atoms with Crippen molar-refractivity contribution in [1.82, 2.24) is 0 Å². The summed E-state index contributed by atoms with van der Waals surface area (Å²) < 4.78 is 19.1. The van der Waals surface area contributed by atoms with Gasteiger partial charge in [-0.3, -0.25) is 0 Å². The van der Waals surface area contributed by atoms with Crippen molar-refractivity contribution in [3.8, 4) is 0 Å². The third-order valence-corrected chi connectivity index (χ3v) is 3.65. The van der Waals surface area contributed by atoms with E-state index in [1.54, 1.807) is 6.07 Å². The highest BCUT2D eigenvalue weighted by atomic mass is 79.9. The van der Waals surface area contributed by atoms with Crippen molar-refractivity contribution in [3.63, 3.8) is 0 Å². The Morgan fingerprint density at radius 3 is 2.94 bits per heavy atom. The van der Waals surface area contributed by atoms with Crippen molar-refractivity contribution in [3.05, 3.63) is 34.1 Å². The van der Waals surface area contributed by atoms with Crippen LogP contribution >= 0.6 is 15.9 Å². The van der Waals surface area contributed by atoms with Crippen molar-refractivity contribution < 1.29 is 9.13 Å². The molecule has 0 bridgehead atoms. The maximum absolute atomic E-state index is 12.9. The van der Waals surface area contributed by atoms with Crippen molar-refractivity contribution >= 4 is 15.9 Å². The second-order valence-electron chi connectivity index (χ2n) is 4.43. The van der Waals surface area contributed by atoms with Crippen molar-refractivity contribution in [2.24, 2.45) is 5.73 Å². The number of benzene rings is 1. The van der Waals surface area contributed by atoms with Gasteiger partial charge in [-0.2, -0.15) is 0 Å². The molecule has 88 valence electrons. The molecule has 16 heavy (non-hydrogen) atoms. The van der Waals surface area contributed by atoms with E-state index in [-0.39, 0.29) is 11.4 Å². The Kier molecular flexibility index (Phi) is 3.62. The van der Waals surface area contributed by atoms with Crippen LogP contribution in [0.15, 0.2) is 22.7 Å². The molecule has 0 radical (unpaired) electrons. The van der Waals surface area contributed by atoms with Crippen LogP contribution in [-0.4, -0.2) is 18.8 Å². The van der Waals surface area contributed by atoms with Gasteiger partial charge in [-0.1, -0.05) is 22.0 Å². The molecule has 1 unspecified atom stereocenters. The van der Waals surface area contributed by atoms with Crippen molar-refractivity contribution in [2.75, 3.05) is 13.2 Å². The fourth-order valence-corrected chi connectivity index (χ4v) is 2.55. The van der Waals surface area contributed by atoms with Gasteiger partial charge in [-0.25, -0.2) is 4.39 Å². The lowest BCUT2D eigenvalue weighted by Crippen LogP contribution is -2.49. The Morgan fingerprint density at radius 2 is 2.31 bits per heavy atom. The second kappa shape index (κ2) is 4.82. The maximum atomic E-state index is 12.9. The van der Waals surface area contributed by atoms with Crippen molar-refractivity contribution in [2.45, 2.75) is 24.8 Å². The number of hydrogen-bond acceptors (Lipinski definition) is 2. The Labute approximate surface area is 103 Å². The molecular weight excluding hydrogens is 273 g/mol. The number of ether oxygens (including phenoxy) is 1. The van der Waals surface area contributed by atoms with Crippen molar-refractivity contribution in [1.29, 1.82) is 0 Å². The fraction of sp³-hybridized carbons (Fsp3) is 0.500. The standard InChI is InChI=1S/C12H15BrFNO/c13-11-6-10(14)3-2-9(11)7-12(15)4-1-5-16-8-12/h2-3,6H,1,4-5,7-8,15H2. The third-order valence-electron chi connectivity index (χ3n) is 2.91. The first-order valence-corrected chi connectivity index (χ1v) is 6.19. The summed E-state index contributed by atoms with van der Waals surface area (Å²) in [6, 6.07) is 4.72. The van der Waals surface area contributed by atoms with Crippen LogP contribution in [0.5, 0.6) is 0 Å². The summed E-state index contributed by atoms with van der Waals surface area (Å²) in [6.07, 6.45) is 2.67. The van der Waals surface area contributed by atoms with Crippen LogP contribution in [0.25, 0.3) is 0 Å². The zero-order valence-corrected chi connectivity index (χ0v) is 10.6. The molecule has 2 nitrogen and oxygen atoms in total. The van der Waals surface area contributed by atoms with Crippen LogP contribution in [0.4, 0.5) is 4.39 Å². The van der Waals surface area contributed by atoms with Gasteiger partial charge < -0.3 is 10.5 Å². The summed E-state index contributed by atoms with van der Waals surface area (Å²) in [5.74, 6) is -0.235. The summed E-state index contributed by atoms with van der Waals surface area (Å²) in [5, 5.41) is 0. The van der Waals surface area contributed by atoms with Gasteiger partial charge in [0.05, 0.1) is 6.61 Å². The van der Waals surface area contributed by atoms with Gasteiger partial charge in [0, 0.05) is 16.6 Å². The quantitative estimate of drug-likeness (QED) is 0.908. The molecule has 2 rings (SSSR count). The highest BCUT2D eigenvalue weighted by Gasteiger charge is 2.29. The predicted octanol–water partition coefficient (Wildman–Crippen LogP) is 2.64. The molecule has 1 aromatic carbocycles. The SMILES string of the molecule is NC1(Cc2ccc(F)cc2Br)CCCOC1. The van der Waals surface area contributed by atoms with E-state index in [0.29, 0.717) is 13.0 Å². The zero-order chi connectivity index (χ0) is 11.6. The lowest BCUT2D eigenvalue weighted by Gasteiger charge is -2.33. The summed E-state index contributed by atoms with van der Waals surface area (Å²) >= 11 is 3.36. The lowest BCUT2D eigenvalue weighted by atomic mass is 9.87. The van der Waals surface area contributed by atoms with Gasteiger partial charge >= 0.3 is 0 Å². The third kappa shape index (κ3) is 2.81. The normalized spacial score (nSPS) is 25.7. The average Bonchev–Trinajstić information content (AvgIpc) is 2.23. The zero-order valence-electron chi connectivity index (χ0n) is 9.01. The van der Waals surface area contributed by atoms with Gasteiger partial charge in [0.1, 0.15) is 5.82 Å². The van der Waals surface area contributed by atoms with E-state index in [9.17, 15) is 4.39 Å². The smallest absolute Gasteiger partial charge is 0.124 e. The van der Waals surface area contributed by atoms with E-state index < -0.39 is 0 Å². The summed E-state index contributed by atoms with van der Waals surface area (Å²) in [6.45, 7) is 1.38. The first-order chi connectivity index (χ1) is 7.59. The molecule has 1 atom stereocenters. The molecule has 0 spiro atoms. The van der Waals surface area contributed by atoms with E-state index in [0.717, 1.165) is 29.5 Å². The largest absolute Gasteiger partial charge is 0.380 e. The van der Waals surface area contributed by atoms with E-state index in [1.165, 1.54) is 12.1 Å². The molecule has 1 fully saturated rings. The van der Waals surface area contributed by atoms with E-state index in [2.05, 4.69) is 15.9 Å². The van der Waals surface area contributed by atoms with Gasteiger partial charge in [0.2, 0.25) is 0 Å². The highest BCUT2D eigenvalue weighted by molar-refractivity contribution is 9.10. The van der Waals surface area contributed by atoms with Crippen LogP contribution in [-0.2, 0) is 11.2 Å². The molecule has 0 aliphatic carbocycles. The van der Waals surface area contributed by atoms with Gasteiger partial charge in [-0.05, 0) is 37.0 Å². The van der Waals surface area contributed by atoms with E-state index in [1.807, 2.05) is 0 Å². The van der Waals surface area contributed by atoms with E-state index in [4.69, 9.17) is 10.5 Å². The Bertz CT molecular complexity index is 377. The number of hydrogen-bond donors (Lipinski definition) is 1. The monoisotopic (exact) mass is 287 g/mol. The van der Waals surface area contributed by atoms with Gasteiger partial charge in [0.15, 0.2) is 0 Å². The highest BCUT2D eigenvalue weighted by Crippen LogP contribution is 2.26. The molecule has 1 heterocycles. The predicted molar refractivity (Wildman–Crippen MR) is 64.8 cm³/mol. The maximum Gasteiger partial charge on any atom is 0.124 e. The molecule has 1 aromatic rings. The fourth-order valence-electron chi connectivity index (χ4n) is 2.06. The molecule has 4 heteroatoms. The number of halogens is 2. The Balaban J connectivity index is 2.13. The van der Waals surface area contributed by atoms with Crippen LogP contribution in [0, 0.1) is 5.82 Å². The van der Waals surface area contributed by atoms with Gasteiger partial charge in [-0.15, -0.1) is 0 Å². The topological polar surface area (TPSA) is 35.2 Å². The van der Waals surface area contributed by atoms with Crippen LogP contribution in [0.1, 0.15) is 18.4 Å². The molecule has 2 N–H and O–H groups in total. The minimum Gasteiger partial charge on any atom is -0.380 e. The minimum atomic E-state index is -0.307. The van der Waals surface area contributed by atoms with Gasteiger partial charge in [0.25, 0.3) is 0 Å². The molecule has 0 aromatic heterocycles. The lowest BCUT2D eigenvalue weighted by molar-refractivity contribution is 0.0381. The minimum absolute atomic E-state index is 0.235. The molecule has 1 aliphatic heterocycles. The molecule has 0 saturated carbocycles. The number of rotatable bonds is 2. The Hall–Kier alpha value is -0.450. The van der Waals surface area contributed by atoms with Crippen LogP contribution in [0.2, 0.25) is 0 Å². The number of nitrogens with two attached hydrogens (primary N) is 1. The summed E-state index contributed by atoms with van der Waals surface area (Å²) in [4.78, 5) is 0. The second-order valence-corrected chi connectivity index (χ2v) is 5.29. The van der Waals surface area contributed by atoms with Crippen LogP contribution in [0.3, 0.4) is 0 Å². The Morgan fingerprint density at radius 1 is 1.50 bits per heavy atom. The van der Waals surface area contributed by atoms with Crippen LogP contribution < -0.4 is 5.73 Å². The molecule has 1 saturated heterocycles. The first kappa shape index (κ1) is 12.0. The first-order valence-electron chi connectivity index (χ1n) is 5.40. The van der Waals surface area contributed by atoms with E-state index >= 15 is 0 Å². The molecule has 0 amide bonds. The summed E-state index contributed by atoms with van der Waals surface area (Å²) in [7, 11) is 0.